The zero-order valence-corrected chi connectivity index (χ0v) is 15.9. The lowest BCUT2D eigenvalue weighted by molar-refractivity contribution is 0.561. The van der Waals surface area contributed by atoms with Gasteiger partial charge in [0.15, 0.2) is 0 Å². The van der Waals surface area contributed by atoms with Crippen molar-refractivity contribution in [3.05, 3.63) is 86.6 Å². The van der Waals surface area contributed by atoms with E-state index in [1.54, 1.807) is 36.5 Å². The van der Waals surface area contributed by atoms with Gasteiger partial charge in [-0.25, -0.2) is 9.78 Å². The first-order valence-corrected chi connectivity index (χ1v) is 9.51. The highest BCUT2D eigenvalue weighted by Crippen LogP contribution is 2.27. The molecule has 1 N–H and O–H groups in total. The summed E-state index contributed by atoms with van der Waals surface area (Å²) < 4.78 is 5.12. The number of aromatic nitrogens is 1. The number of nitriles is 1. The summed E-state index contributed by atoms with van der Waals surface area (Å²) in [6, 6.07) is 18.0. The molecule has 0 bridgehead atoms. The number of thiazole rings is 1. The lowest BCUT2D eigenvalue weighted by atomic mass is 10.2. The molecule has 0 unspecified atom stereocenters. The Hall–Kier alpha value is -3.40. The van der Waals surface area contributed by atoms with Crippen LogP contribution in [0.15, 0.2) is 75.4 Å². The molecule has 0 spiro atoms. The van der Waals surface area contributed by atoms with Gasteiger partial charge in [-0.3, -0.25) is 0 Å². The number of allylic oxidation sites excluding steroid dienone is 1. The number of fused-ring (bicyclic) bond motifs is 1. The molecule has 0 aliphatic heterocycles. The van der Waals surface area contributed by atoms with Crippen LogP contribution in [0.5, 0.6) is 0 Å². The molecule has 0 radical (unpaired) electrons. The lowest BCUT2D eigenvalue weighted by Crippen LogP contribution is -1.95. The summed E-state index contributed by atoms with van der Waals surface area (Å²) in [5.74, 6) is 0. The third-order valence-electron chi connectivity index (χ3n) is 4.00. The number of hydrogen-bond acceptors (Lipinski definition) is 6. The van der Waals surface area contributed by atoms with Gasteiger partial charge in [-0.1, -0.05) is 23.7 Å². The van der Waals surface area contributed by atoms with E-state index in [-0.39, 0.29) is 5.63 Å². The van der Waals surface area contributed by atoms with E-state index in [0.717, 1.165) is 22.3 Å². The molecule has 0 atom stereocenters. The van der Waals surface area contributed by atoms with Crippen LogP contribution in [0.4, 0.5) is 5.69 Å². The molecule has 0 saturated carbocycles. The van der Waals surface area contributed by atoms with Gasteiger partial charge in [0.05, 0.1) is 5.69 Å². The molecule has 0 fully saturated rings. The summed E-state index contributed by atoms with van der Waals surface area (Å²) in [5, 5.41) is 16.6. The van der Waals surface area contributed by atoms with Gasteiger partial charge in [0.2, 0.25) is 0 Å². The second-order valence-electron chi connectivity index (χ2n) is 5.87. The summed E-state index contributed by atoms with van der Waals surface area (Å²) in [6.45, 7) is 0. The highest BCUT2D eigenvalue weighted by molar-refractivity contribution is 7.11. The summed E-state index contributed by atoms with van der Waals surface area (Å²) in [6.07, 6.45) is 1.62. The Labute approximate surface area is 169 Å². The van der Waals surface area contributed by atoms with E-state index < -0.39 is 0 Å². The predicted octanol–water partition coefficient (Wildman–Crippen LogP) is 5.55. The van der Waals surface area contributed by atoms with Crippen LogP contribution in [0.3, 0.4) is 0 Å². The van der Waals surface area contributed by atoms with E-state index in [9.17, 15) is 10.1 Å². The van der Waals surface area contributed by atoms with Gasteiger partial charge < -0.3 is 9.73 Å². The second-order valence-corrected chi connectivity index (χ2v) is 7.16. The summed E-state index contributed by atoms with van der Waals surface area (Å²) >= 11 is 7.32. The maximum absolute atomic E-state index is 11.3. The third kappa shape index (κ3) is 3.81. The van der Waals surface area contributed by atoms with Crippen molar-refractivity contribution in [3.8, 4) is 17.3 Å². The van der Waals surface area contributed by atoms with E-state index in [2.05, 4.69) is 16.4 Å². The summed E-state index contributed by atoms with van der Waals surface area (Å²) in [5.41, 5.74) is 3.04. The predicted molar refractivity (Wildman–Crippen MR) is 112 cm³/mol. The molecule has 2 aromatic heterocycles. The van der Waals surface area contributed by atoms with Gasteiger partial charge in [-0.2, -0.15) is 5.26 Å². The Morgan fingerprint density at radius 2 is 2.00 bits per heavy atom. The molecule has 7 heteroatoms. The van der Waals surface area contributed by atoms with E-state index in [1.165, 1.54) is 17.4 Å². The maximum Gasteiger partial charge on any atom is 0.336 e. The fourth-order valence-corrected chi connectivity index (χ4v) is 3.53. The topological polar surface area (TPSA) is 78.9 Å². The molecule has 4 rings (SSSR count). The van der Waals surface area contributed by atoms with Gasteiger partial charge in [-0.15, -0.1) is 11.3 Å². The van der Waals surface area contributed by atoms with Gasteiger partial charge >= 0.3 is 5.63 Å². The van der Waals surface area contributed by atoms with Crippen LogP contribution in [0.2, 0.25) is 5.02 Å². The molecule has 136 valence electrons. The van der Waals surface area contributed by atoms with Crippen LogP contribution < -0.4 is 10.9 Å². The third-order valence-corrected chi connectivity index (χ3v) is 5.13. The van der Waals surface area contributed by atoms with Crippen LogP contribution in [-0.4, -0.2) is 4.98 Å². The molecule has 0 aliphatic carbocycles. The first kappa shape index (κ1) is 18.0. The minimum atomic E-state index is -0.389. The largest absolute Gasteiger partial charge is 0.423 e. The Kier molecular flexibility index (Phi) is 4.94. The van der Waals surface area contributed by atoms with E-state index in [4.69, 9.17) is 16.0 Å². The lowest BCUT2D eigenvalue weighted by Gasteiger charge is -2.03. The molecular formula is C21H12ClN3O2S. The maximum atomic E-state index is 11.3. The molecular weight excluding hydrogens is 394 g/mol. The van der Waals surface area contributed by atoms with Crippen molar-refractivity contribution in [1.82, 2.24) is 4.98 Å². The van der Waals surface area contributed by atoms with Crippen molar-refractivity contribution >= 4 is 45.2 Å². The zero-order valence-electron chi connectivity index (χ0n) is 14.3. The monoisotopic (exact) mass is 405 g/mol. The van der Waals surface area contributed by atoms with Crippen LogP contribution in [0.25, 0.3) is 27.8 Å². The van der Waals surface area contributed by atoms with E-state index in [0.29, 0.717) is 21.2 Å². The van der Waals surface area contributed by atoms with Crippen molar-refractivity contribution in [1.29, 1.82) is 5.26 Å². The standard InChI is InChI=1S/C21H12ClN3O2S/c22-16-4-1-13(2-5-16)18-12-28-21(25-18)15(10-23)11-24-17-6-7-19-14(9-17)3-8-20(26)27-19/h1-9,11-12,24H/b15-11+. The molecule has 2 aromatic carbocycles. The smallest absolute Gasteiger partial charge is 0.336 e. The fraction of sp³-hybridized carbons (Fsp3) is 0. The first-order valence-electron chi connectivity index (χ1n) is 8.25. The fourth-order valence-electron chi connectivity index (χ4n) is 2.61. The van der Waals surface area contributed by atoms with Crippen molar-refractivity contribution < 1.29 is 4.42 Å². The van der Waals surface area contributed by atoms with Crippen molar-refractivity contribution in [3.63, 3.8) is 0 Å². The summed E-state index contributed by atoms with van der Waals surface area (Å²) in [7, 11) is 0. The first-order chi connectivity index (χ1) is 13.6. The van der Waals surface area contributed by atoms with Crippen molar-refractivity contribution in [2.24, 2.45) is 0 Å². The minimum Gasteiger partial charge on any atom is -0.423 e. The number of anilines is 1. The molecule has 0 aliphatic rings. The van der Waals surface area contributed by atoms with Crippen molar-refractivity contribution in [2.75, 3.05) is 5.32 Å². The number of halogens is 1. The Morgan fingerprint density at radius 3 is 2.79 bits per heavy atom. The average Bonchev–Trinajstić information content (AvgIpc) is 3.19. The Morgan fingerprint density at radius 1 is 1.18 bits per heavy atom. The number of nitrogens with zero attached hydrogens (tertiary/aromatic N) is 2. The van der Waals surface area contributed by atoms with Crippen LogP contribution in [0.1, 0.15) is 5.01 Å². The SMILES string of the molecule is N#C/C(=C\Nc1ccc2oc(=O)ccc2c1)c1nc(-c2ccc(Cl)cc2)cs1. The Balaban J connectivity index is 1.58. The average molecular weight is 406 g/mol. The summed E-state index contributed by atoms with van der Waals surface area (Å²) in [4.78, 5) is 15.8. The number of nitrogens with one attached hydrogen (secondary N) is 1. The van der Waals surface area contributed by atoms with E-state index in [1.807, 2.05) is 23.6 Å². The number of hydrogen-bond donors (Lipinski definition) is 1. The molecule has 0 saturated heterocycles. The van der Waals surface area contributed by atoms with Crippen molar-refractivity contribution in [2.45, 2.75) is 0 Å². The van der Waals surface area contributed by atoms with E-state index >= 15 is 0 Å². The molecule has 4 aromatic rings. The number of benzene rings is 2. The second kappa shape index (κ2) is 7.69. The van der Waals surface area contributed by atoms with Crippen LogP contribution in [0, 0.1) is 11.3 Å². The zero-order chi connectivity index (χ0) is 19.5. The molecule has 5 nitrogen and oxygen atoms in total. The van der Waals surface area contributed by atoms with Crippen LogP contribution in [-0.2, 0) is 0 Å². The van der Waals surface area contributed by atoms with Gasteiger partial charge in [0.25, 0.3) is 0 Å². The number of rotatable bonds is 4. The highest BCUT2D eigenvalue weighted by Gasteiger charge is 2.09. The Bertz CT molecular complexity index is 1280. The molecule has 2 heterocycles. The van der Waals surface area contributed by atoms with Gasteiger partial charge in [-0.05, 0) is 36.4 Å². The normalized spacial score (nSPS) is 11.4. The molecule has 0 amide bonds. The highest BCUT2D eigenvalue weighted by atomic mass is 35.5. The van der Waals surface area contributed by atoms with Crippen LogP contribution >= 0.6 is 22.9 Å². The minimum absolute atomic E-state index is 0.389. The quantitative estimate of drug-likeness (QED) is 0.356. The van der Waals surface area contributed by atoms with Gasteiger partial charge in [0, 0.05) is 39.3 Å². The molecule has 28 heavy (non-hydrogen) atoms. The van der Waals surface area contributed by atoms with Gasteiger partial charge in [0.1, 0.15) is 22.2 Å².